The van der Waals surface area contributed by atoms with Gasteiger partial charge in [-0.2, -0.15) is 0 Å². The number of hydrogen-bond acceptors (Lipinski definition) is 2. The van der Waals surface area contributed by atoms with Crippen molar-refractivity contribution in [1.82, 2.24) is 0 Å². The van der Waals surface area contributed by atoms with E-state index in [1.54, 1.807) is 13.4 Å². The molecule has 2 nitrogen and oxygen atoms in total. The molecule has 0 saturated carbocycles. The maximum Gasteiger partial charge on any atom is 0.120 e. The standard InChI is InChI=1S/C8H14O2/c1-8(4-3-6-9)5-7-10-2/h5-8H,3-4H2,1-2H3/b7-5+. The van der Waals surface area contributed by atoms with E-state index >= 15 is 0 Å². The molecule has 0 amide bonds. The second-order valence-corrected chi connectivity index (χ2v) is 2.29. The molecule has 10 heavy (non-hydrogen) atoms. The number of hydrogen-bond donors (Lipinski definition) is 0. The number of rotatable bonds is 5. The normalized spacial score (nSPS) is 13.4. The van der Waals surface area contributed by atoms with Gasteiger partial charge in [-0.1, -0.05) is 6.92 Å². The minimum atomic E-state index is 0.435. The molecule has 1 atom stereocenters. The summed E-state index contributed by atoms with van der Waals surface area (Å²) >= 11 is 0. The second-order valence-electron chi connectivity index (χ2n) is 2.29. The fourth-order valence-corrected chi connectivity index (χ4v) is 0.640. The third-order valence-electron chi connectivity index (χ3n) is 1.28. The van der Waals surface area contributed by atoms with Crippen molar-refractivity contribution in [3.8, 4) is 0 Å². The van der Waals surface area contributed by atoms with Crippen molar-refractivity contribution < 1.29 is 9.53 Å². The summed E-state index contributed by atoms with van der Waals surface area (Å²) in [7, 11) is 1.61. The summed E-state index contributed by atoms with van der Waals surface area (Å²) in [6.07, 6.45) is 6.08. The summed E-state index contributed by atoms with van der Waals surface area (Å²) in [4.78, 5) is 9.93. The van der Waals surface area contributed by atoms with E-state index in [1.165, 1.54) is 0 Å². The Balaban J connectivity index is 3.32. The predicted octanol–water partition coefficient (Wildman–Crippen LogP) is 1.76. The predicted molar refractivity (Wildman–Crippen MR) is 40.6 cm³/mol. The fourth-order valence-electron chi connectivity index (χ4n) is 0.640. The summed E-state index contributed by atoms with van der Waals surface area (Å²) in [5.74, 6) is 0.435. The Labute approximate surface area is 61.9 Å². The van der Waals surface area contributed by atoms with E-state index in [-0.39, 0.29) is 0 Å². The molecule has 0 heterocycles. The lowest BCUT2D eigenvalue weighted by molar-refractivity contribution is -0.108. The molecule has 0 aliphatic rings. The Morgan fingerprint density at radius 2 is 2.30 bits per heavy atom. The number of carbonyl (C=O) groups excluding carboxylic acids is 1. The number of carbonyl (C=O) groups is 1. The van der Waals surface area contributed by atoms with Crippen LogP contribution < -0.4 is 0 Å². The third kappa shape index (κ3) is 5.35. The molecule has 0 aromatic heterocycles. The van der Waals surface area contributed by atoms with Crippen molar-refractivity contribution in [2.45, 2.75) is 19.8 Å². The molecule has 2 heteroatoms. The van der Waals surface area contributed by atoms with Crippen molar-refractivity contribution in [2.75, 3.05) is 7.11 Å². The summed E-state index contributed by atoms with van der Waals surface area (Å²) in [6, 6.07) is 0. The molecule has 0 aliphatic heterocycles. The van der Waals surface area contributed by atoms with Gasteiger partial charge in [0.15, 0.2) is 0 Å². The summed E-state index contributed by atoms with van der Waals surface area (Å²) in [5, 5.41) is 0. The molecule has 0 N–H and O–H groups in total. The minimum Gasteiger partial charge on any atom is -0.505 e. The maximum absolute atomic E-state index is 9.93. The number of methoxy groups -OCH3 is 1. The first-order chi connectivity index (χ1) is 4.81. The highest BCUT2D eigenvalue weighted by Gasteiger charge is 1.94. The van der Waals surface area contributed by atoms with Crippen LogP contribution >= 0.6 is 0 Å². The van der Waals surface area contributed by atoms with Crippen molar-refractivity contribution in [3.05, 3.63) is 12.3 Å². The molecular formula is C8H14O2. The quantitative estimate of drug-likeness (QED) is 0.432. The highest BCUT2D eigenvalue weighted by atomic mass is 16.5. The van der Waals surface area contributed by atoms with E-state index in [2.05, 4.69) is 6.92 Å². The highest BCUT2D eigenvalue weighted by Crippen LogP contribution is 2.04. The number of aldehydes is 1. The van der Waals surface area contributed by atoms with Gasteiger partial charge in [0.25, 0.3) is 0 Å². The largest absolute Gasteiger partial charge is 0.505 e. The van der Waals surface area contributed by atoms with Gasteiger partial charge in [-0.25, -0.2) is 0 Å². The van der Waals surface area contributed by atoms with Gasteiger partial charge in [0.2, 0.25) is 0 Å². The Kier molecular flexibility index (Phi) is 5.83. The van der Waals surface area contributed by atoms with Gasteiger partial charge in [0.05, 0.1) is 13.4 Å². The summed E-state index contributed by atoms with van der Waals surface area (Å²) in [5.41, 5.74) is 0. The fraction of sp³-hybridized carbons (Fsp3) is 0.625. The van der Waals surface area contributed by atoms with E-state index < -0.39 is 0 Å². The lowest BCUT2D eigenvalue weighted by Crippen LogP contribution is -1.89. The molecule has 0 aliphatic carbocycles. The molecule has 0 aromatic rings. The van der Waals surface area contributed by atoms with Crippen LogP contribution in [-0.4, -0.2) is 13.4 Å². The Bertz CT molecular complexity index is 108. The average Bonchev–Trinajstić information content (AvgIpc) is 1.97. The van der Waals surface area contributed by atoms with Crippen LogP contribution in [-0.2, 0) is 9.53 Å². The van der Waals surface area contributed by atoms with Crippen LogP contribution in [0.25, 0.3) is 0 Å². The molecule has 0 rings (SSSR count). The van der Waals surface area contributed by atoms with Crippen molar-refractivity contribution >= 4 is 6.29 Å². The Hall–Kier alpha value is -0.790. The number of allylic oxidation sites excluding steroid dienone is 1. The smallest absolute Gasteiger partial charge is 0.120 e. The first-order valence-electron chi connectivity index (χ1n) is 3.44. The van der Waals surface area contributed by atoms with Crippen LogP contribution in [0.15, 0.2) is 12.3 Å². The zero-order chi connectivity index (χ0) is 7.82. The molecule has 0 radical (unpaired) electrons. The van der Waals surface area contributed by atoms with Crippen LogP contribution in [0.1, 0.15) is 19.8 Å². The molecule has 0 saturated heterocycles. The summed E-state index contributed by atoms with van der Waals surface area (Å²) in [6.45, 7) is 2.05. The van der Waals surface area contributed by atoms with Gasteiger partial charge in [-0.3, -0.25) is 0 Å². The molecule has 0 spiro atoms. The van der Waals surface area contributed by atoms with Gasteiger partial charge in [-0.05, 0) is 18.4 Å². The van der Waals surface area contributed by atoms with Gasteiger partial charge in [0, 0.05) is 6.42 Å². The minimum absolute atomic E-state index is 0.435. The van der Waals surface area contributed by atoms with Gasteiger partial charge < -0.3 is 9.53 Å². The number of ether oxygens (including phenoxy) is 1. The molecular weight excluding hydrogens is 128 g/mol. The summed E-state index contributed by atoms with van der Waals surface area (Å²) < 4.78 is 4.72. The monoisotopic (exact) mass is 142 g/mol. The van der Waals surface area contributed by atoms with E-state index in [0.29, 0.717) is 12.3 Å². The first kappa shape index (κ1) is 9.21. The first-order valence-corrected chi connectivity index (χ1v) is 3.44. The maximum atomic E-state index is 9.93. The van der Waals surface area contributed by atoms with Gasteiger partial charge in [-0.15, -0.1) is 0 Å². The zero-order valence-electron chi connectivity index (χ0n) is 6.54. The van der Waals surface area contributed by atoms with Crippen LogP contribution in [0.2, 0.25) is 0 Å². The van der Waals surface area contributed by atoms with Crippen LogP contribution in [0.4, 0.5) is 0 Å². The molecule has 1 unspecified atom stereocenters. The second kappa shape index (κ2) is 6.33. The van der Waals surface area contributed by atoms with Crippen molar-refractivity contribution in [2.24, 2.45) is 5.92 Å². The average molecular weight is 142 g/mol. The molecule has 0 fully saturated rings. The van der Waals surface area contributed by atoms with Crippen molar-refractivity contribution in [1.29, 1.82) is 0 Å². The van der Waals surface area contributed by atoms with Gasteiger partial charge in [0.1, 0.15) is 6.29 Å². The lowest BCUT2D eigenvalue weighted by atomic mass is 10.1. The van der Waals surface area contributed by atoms with E-state index in [9.17, 15) is 4.79 Å². The highest BCUT2D eigenvalue weighted by molar-refractivity contribution is 5.49. The molecule has 58 valence electrons. The Morgan fingerprint density at radius 1 is 1.60 bits per heavy atom. The van der Waals surface area contributed by atoms with Crippen LogP contribution in [0, 0.1) is 5.92 Å². The van der Waals surface area contributed by atoms with E-state index in [4.69, 9.17) is 4.74 Å². The SMILES string of the molecule is CO/C=C/C(C)CCC=O. The van der Waals surface area contributed by atoms with E-state index in [0.717, 1.165) is 12.7 Å². The van der Waals surface area contributed by atoms with Gasteiger partial charge >= 0.3 is 0 Å². The van der Waals surface area contributed by atoms with E-state index in [1.807, 2.05) is 6.08 Å². The third-order valence-corrected chi connectivity index (χ3v) is 1.28. The van der Waals surface area contributed by atoms with Crippen LogP contribution in [0.3, 0.4) is 0 Å². The van der Waals surface area contributed by atoms with Crippen molar-refractivity contribution in [3.63, 3.8) is 0 Å². The zero-order valence-corrected chi connectivity index (χ0v) is 6.54. The Morgan fingerprint density at radius 3 is 2.80 bits per heavy atom. The molecule has 0 aromatic carbocycles. The van der Waals surface area contributed by atoms with Crippen LogP contribution in [0.5, 0.6) is 0 Å². The lowest BCUT2D eigenvalue weighted by Gasteiger charge is -2.00. The topological polar surface area (TPSA) is 26.3 Å². The molecule has 0 bridgehead atoms.